The lowest BCUT2D eigenvalue weighted by Gasteiger charge is -2.34. The van der Waals surface area contributed by atoms with Crippen LogP contribution in [0, 0.1) is 11.8 Å². The molecule has 1 aliphatic carbocycles. The molecule has 1 aliphatic rings. The predicted molar refractivity (Wildman–Crippen MR) is 84.1 cm³/mol. The number of benzene rings is 1. The number of ether oxygens (including phenoxy) is 1. The Morgan fingerprint density at radius 1 is 1.35 bits per heavy atom. The van der Waals surface area contributed by atoms with Crippen LogP contribution in [0.5, 0.6) is 5.75 Å². The molecule has 0 aliphatic heterocycles. The fraction of sp³-hybridized carbons (Fsp3) is 0.562. The highest BCUT2D eigenvalue weighted by atomic mass is 79.9. The Bertz CT molecular complexity index is 489. The zero-order valence-corrected chi connectivity index (χ0v) is 13.9. The van der Waals surface area contributed by atoms with E-state index in [0.29, 0.717) is 17.4 Å². The first-order valence-corrected chi connectivity index (χ1v) is 7.96. The number of carbonyl (C=O) groups excluding carboxylic acids is 1. The summed E-state index contributed by atoms with van der Waals surface area (Å²) in [6.45, 7) is 4.51. The highest BCUT2D eigenvalue weighted by molar-refractivity contribution is 9.10. The molecular formula is C16H22BrNO2. The van der Waals surface area contributed by atoms with E-state index < -0.39 is 0 Å². The summed E-state index contributed by atoms with van der Waals surface area (Å²) in [6.07, 6.45) is 3.54. The molecule has 1 aromatic rings. The van der Waals surface area contributed by atoms with Crippen LogP contribution in [0.1, 0.15) is 43.5 Å². The molecule has 0 spiro atoms. The second-order valence-corrected chi connectivity index (χ2v) is 6.55. The fourth-order valence-electron chi connectivity index (χ4n) is 2.85. The molecule has 0 saturated heterocycles. The molecule has 110 valence electrons. The Kier molecular flexibility index (Phi) is 5.08. The van der Waals surface area contributed by atoms with Crippen molar-refractivity contribution in [2.24, 2.45) is 11.8 Å². The first kappa shape index (κ1) is 15.4. The van der Waals surface area contributed by atoms with Gasteiger partial charge in [0.05, 0.1) is 11.6 Å². The summed E-state index contributed by atoms with van der Waals surface area (Å²) in [7, 11) is 1.62. The minimum absolute atomic E-state index is 0.000645. The zero-order chi connectivity index (χ0) is 14.7. The van der Waals surface area contributed by atoms with Gasteiger partial charge in [0, 0.05) is 11.6 Å². The third-order valence-electron chi connectivity index (χ3n) is 4.44. The van der Waals surface area contributed by atoms with Gasteiger partial charge in [-0.2, -0.15) is 0 Å². The summed E-state index contributed by atoms with van der Waals surface area (Å²) in [5, 5.41) is 3.18. The lowest BCUT2D eigenvalue weighted by atomic mass is 9.78. The molecule has 0 heterocycles. The number of hydrogen-bond acceptors (Lipinski definition) is 2. The number of hydrogen-bond donors (Lipinski definition) is 1. The molecule has 1 amide bonds. The van der Waals surface area contributed by atoms with Gasteiger partial charge in [-0.25, -0.2) is 0 Å². The van der Waals surface area contributed by atoms with Crippen molar-refractivity contribution < 1.29 is 9.53 Å². The van der Waals surface area contributed by atoms with E-state index in [4.69, 9.17) is 4.74 Å². The molecule has 3 atom stereocenters. The van der Waals surface area contributed by atoms with E-state index in [1.54, 1.807) is 13.2 Å². The highest BCUT2D eigenvalue weighted by Gasteiger charge is 2.28. The van der Waals surface area contributed by atoms with Gasteiger partial charge in [0.25, 0.3) is 5.91 Å². The number of methoxy groups -OCH3 is 1. The summed E-state index contributed by atoms with van der Waals surface area (Å²) in [6, 6.07) is 5.71. The van der Waals surface area contributed by atoms with Crippen molar-refractivity contribution in [2.45, 2.75) is 39.2 Å². The molecular weight excluding hydrogens is 318 g/mol. The van der Waals surface area contributed by atoms with E-state index in [-0.39, 0.29) is 11.9 Å². The highest BCUT2D eigenvalue weighted by Crippen LogP contribution is 2.30. The van der Waals surface area contributed by atoms with Crippen LogP contribution in [-0.2, 0) is 0 Å². The van der Waals surface area contributed by atoms with Crippen molar-refractivity contribution in [3.63, 3.8) is 0 Å². The minimum atomic E-state index is -0.000645. The van der Waals surface area contributed by atoms with Crippen molar-refractivity contribution in [1.82, 2.24) is 5.32 Å². The van der Waals surface area contributed by atoms with Gasteiger partial charge < -0.3 is 10.1 Å². The maximum Gasteiger partial charge on any atom is 0.251 e. The van der Waals surface area contributed by atoms with Gasteiger partial charge in [0.2, 0.25) is 0 Å². The van der Waals surface area contributed by atoms with Gasteiger partial charge in [-0.1, -0.05) is 26.7 Å². The largest absolute Gasteiger partial charge is 0.496 e. The first-order chi connectivity index (χ1) is 9.52. The lowest BCUT2D eigenvalue weighted by molar-refractivity contribution is 0.0891. The van der Waals surface area contributed by atoms with E-state index in [1.165, 1.54) is 12.8 Å². The standard InChI is InChI=1S/C16H22BrNO2/c1-10-5-4-6-14(11(10)2)18-16(19)12-7-8-15(20-3)13(17)9-12/h7-11,14H,4-6H2,1-3H3,(H,18,19). The van der Waals surface area contributed by atoms with Crippen molar-refractivity contribution in [1.29, 1.82) is 0 Å². The van der Waals surface area contributed by atoms with E-state index in [1.807, 2.05) is 12.1 Å². The van der Waals surface area contributed by atoms with Crippen molar-refractivity contribution >= 4 is 21.8 Å². The number of halogens is 1. The molecule has 0 radical (unpaired) electrons. The molecule has 0 aromatic heterocycles. The smallest absolute Gasteiger partial charge is 0.251 e. The zero-order valence-electron chi connectivity index (χ0n) is 12.3. The first-order valence-electron chi connectivity index (χ1n) is 7.17. The van der Waals surface area contributed by atoms with Crippen LogP contribution in [0.4, 0.5) is 0 Å². The van der Waals surface area contributed by atoms with Gasteiger partial charge in [-0.15, -0.1) is 0 Å². The SMILES string of the molecule is COc1ccc(C(=O)NC2CCCC(C)C2C)cc1Br. The van der Waals surface area contributed by atoms with Crippen LogP contribution in [0.2, 0.25) is 0 Å². The molecule has 20 heavy (non-hydrogen) atoms. The summed E-state index contributed by atoms with van der Waals surface area (Å²) < 4.78 is 5.99. The van der Waals surface area contributed by atoms with Crippen molar-refractivity contribution in [3.05, 3.63) is 28.2 Å². The molecule has 4 heteroatoms. The summed E-state index contributed by atoms with van der Waals surface area (Å²) in [4.78, 5) is 12.3. The minimum Gasteiger partial charge on any atom is -0.496 e. The Labute approximate surface area is 129 Å². The average molecular weight is 340 g/mol. The number of carbonyl (C=O) groups is 1. The molecule has 3 unspecified atom stereocenters. The predicted octanol–water partition coefficient (Wildman–Crippen LogP) is 4.01. The van der Waals surface area contributed by atoms with E-state index in [9.17, 15) is 4.79 Å². The normalized spacial score (nSPS) is 26.1. The summed E-state index contributed by atoms with van der Waals surface area (Å²) in [5.41, 5.74) is 0.670. The lowest BCUT2D eigenvalue weighted by Crippen LogP contribution is -2.43. The Morgan fingerprint density at radius 3 is 2.75 bits per heavy atom. The molecule has 2 rings (SSSR count). The number of amides is 1. The van der Waals surface area contributed by atoms with E-state index >= 15 is 0 Å². The van der Waals surface area contributed by atoms with E-state index in [0.717, 1.165) is 16.6 Å². The van der Waals surface area contributed by atoms with E-state index in [2.05, 4.69) is 35.1 Å². The molecule has 3 nitrogen and oxygen atoms in total. The van der Waals surface area contributed by atoms with Crippen LogP contribution < -0.4 is 10.1 Å². The summed E-state index contributed by atoms with van der Waals surface area (Å²) in [5.74, 6) is 1.95. The number of rotatable bonds is 3. The Morgan fingerprint density at radius 2 is 2.10 bits per heavy atom. The molecule has 1 aromatic carbocycles. The van der Waals surface area contributed by atoms with Crippen LogP contribution in [-0.4, -0.2) is 19.1 Å². The molecule has 1 fully saturated rings. The third-order valence-corrected chi connectivity index (χ3v) is 5.06. The van der Waals surface area contributed by atoms with Crippen LogP contribution in [0.3, 0.4) is 0 Å². The monoisotopic (exact) mass is 339 g/mol. The molecule has 1 N–H and O–H groups in total. The second kappa shape index (κ2) is 6.61. The third kappa shape index (κ3) is 3.35. The molecule has 1 saturated carbocycles. The molecule has 0 bridgehead atoms. The van der Waals surface area contributed by atoms with Gasteiger partial charge >= 0.3 is 0 Å². The maximum atomic E-state index is 12.3. The van der Waals surface area contributed by atoms with Crippen LogP contribution in [0.15, 0.2) is 22.7 Å². The summed E-state index contributed by atoms with van der Waals surface area (Å²) >= 11 is 3.42. The van der Waals surface area contributed by atoms with Crippen molar-refractivity contribution in [2.75, 3.05) is 7.11 Å². The van der Waals surface area contributed by atoms with Gasteiger partial charge in [0.15, 0.2) is 0 Å². The topological polar surface area (TPSA) is 38.3 Å². The van der Waals surface area contributed by atoms with Gasteiger partial charge in [-0.3, -0.25) is 4.79 Å². The van der Waals surface area contributed by atoms with Crippen LogP contribution in [0.25, 0.3) is 0 Å². The number of nitrogens with one attached hydrogen (secondary N) is 1. The van der Waals surface area contributed by atoms with Gasteiger partial charge in [0.1, 0.15) is 5.75 Å². The Hall–Kier alpha value is -1.03. The maximum absolute atomic E-state index is 12.3. The van der Waals surface area contributed by atoms with Crippen LogP contribution >= 0.6 is 15.9 Å². The van der Waals surface area contributed by atoms with Crippen molar-refractivity contribution in [3.8, 4) is 5.75 Å². The second-order valence-electron chi connectivity index (χ2n) is 5.70. The fourth-order valence-corrected chi connectivity index (χ4v) is 3.39. The average Bonchev–Trinajstić information content (AvgIpc) is 2.43. The van der Waals surface area contributed by atoms with Gasteiger partial charge in [-0.05, 0) is 52.4 Å². The quantitative estimate of drug-likeness (QED) is 0.903. The Balaban J connectivity index is 2.06.